The molecule has 8 heteroatoms. The number of hydrogen-bond acceptors (Lipinski definition) is 6. The lowest BCUT2D eigenvalue weighted by molar-refractivity contribution is 0.0993. The molecular weight excluding hydrogens is 342 g/mol. The van der Waals surface area contributed by atoms with E-state index in [4.69, 9.17) is 0 Å². The molecule has 0 unspecified atom stereocenters. The molecule has 0 spiro atoms. The highest BCUT2D eigenvalue weighted by Gasteiger charge is 2.13. The Balaban J connectivity index is 1.44. The van der Waals surface area contributed by atoms with E-state index in [2.05, 4.69) is 30.5 Å². The van der Waals surface area contributed by atoms with Gasteiger partial charge in [-0.05, 0) is 29.8 Å². The largest absolute Gasteiger partial charge is 0.365 e. The minimum absolute atomic E-state index is 0.0772. The number of nitrogens with zero attached hydrogens (tertiary/aromatic N) is 5. The first-order valence-electron chi connectivity index (χ1n) is 8.37. The van der Waals surface area contributed by atoms with Crippen molar-refractivity contribution in [1.29, 1.82) is 0 Å². The Bertz CT molecular complexity index is 1060. The van der Waals surface area contributed by atoms with E-state index in [1.165, 1.54) is 6.33 Å². The number of fused-ring (bicyclic) bond motifs is 1. The van der Waals surface area contributed by atoms with E-state index in [0.29, 0.717) is 17.8 Å². The molecule has 0 atom stereocenters. The smallest absolute Gasteiger partial charge is 0.258 e. The summed E-state index contributed by atoms with van der Waals surface area (Å²) in [6.07, 6.45) is 6.41. The maximum Gasteiger partial charge on any atom is 0.258 e. The van der Waals surface area contributed by atoms with Crippen molar-refractivity contribution < 1.29 is 4.79 Å². The molecule has 4 aromatic rings. The molecule has 0 aliphatic carbocycles. The summed E-state index contributed by atoms with van der Waals surface area (Å²) in [6.45, 7) is 0.597. The Morgan fingerprint density at radius 2 is 1.89 bits per heavy atom. The van der Waals surface area contributed by atoms with Gasteiger partial charge in [-0.2, -0.15) is 5.10 Å². The van der Waals surface area contributed by atoms with E-state index < -0.39 is 0 Å². The van der Waals surface area contributed by atoms with Crippen LogP contribution in [0.2, 0.25) is 0 Å². The fourth-order valence-corrected chi connectivity index (χ4v) is 2.73. The first kappa shape index (κ1) is 16.6. The van der Waals surface area contributed by atoms with Crippen LogP contribution in [0.15, 0.2) is 61.3 Å². The number of rotatable bonds is 5. The van der Waals surface area contributed by atoms with E-state index >= 15 is 0 Å². The van der Waals surface area contributed by atoms with Crippen LogP contribution in [0.4, 0.5) is 11.5 Å². The molecule has 1 aromatic carbocycles. The van der Waals surface area contributed by atoms with E-state index in [1.54, 1.807) is 42.7 Å². The maximum atomic E-state index is 12.5. The van der Waals surface area contributed by atoms with Gasteiger partial charge in [0.2, 0.25) is 0 Å². The minimum atomic E-state index is -0.0772. The van der Waals surface area contributed by atoms with E-state index in [0.717, 1.165) is 22.5 Å². The lowest BCUT2D eigenvalue weighted by atomic mass is 10.1. The summed E-state index contributed by atoms with van der Waals surface area (Å²) in [5, 5.41) is 10.9. The van der Waals surface area contributed by atoms with Gasteiger partial charge < -0.3 is 10.2 Å². The topological polar surface area (TPSA) is 99.7 Å². The number of carbonyl (C=O) groups is 1. The Labute approximate surface area is 155 Å². The third kappa shape index (κ3) is 3.45. The zero-order valence-electron chi connectivity index (χ0n) is 14.6. The molecule has 0 fully saturated rings. The van der Waals surface area contributed by atoms with Gasteiger partial charge in [-0.1, -0.05) is 12.1 Å². The molecule has 0 bridgehead atoms. The van der Waals surface area contributed by atoms with E-state index in [-0.39, 0.29) is 5.91 Å². The van der Waals surface area contributed by atoms with Gasteiger partial charge >= 0.3 is 0 Å². The molecule has 3 aromatic heterocycles. The summed E-state index contributed by atoms with van der Waals surface area (Å²) in [5.74, 6) is 0.648. The zero-order chi connectivity index (χ0) is 18.6. The van der Waals surface area contributed by atoms with Crippen LogP contribution in [-0.4, -0.2) is 38.1 Å². The summed E-state index contributed by atoms with van der Waals surface area (Å²) in [5.41, 5.74) is 3.18. The van der Waals surface area contributed by atoms with Crippen LogP contribution in [0.25, 0.3) is 11.0 Å². The van der Waals surface area contributed by atoms with Gasteiger partial charge in [-0.3, -0.25) is 14.9 Å². The standard InChI is InChI=1S/C19H17N7O/c1-26(19(27)14-6-8-20-9-7-14)15-4-2-13(3-5-15)10-21-17-16-11-24-25-18(16)23-12-22-17/h2-9,11-12H,10H2,1H3,(H2,21,22,23,24,25). The average Bonchev–Trinajstić information content (AvgIpc) is 3.22. The molecule has 4 rings (SSSR count). The molecule has 1 amide bonds. The van der Waals surface area contributed by atoms with Gasteiger partial charge in [0.15, 0.2) is 5.65 Å². The highest BCUT2D eigenvalue weighted by Crippen LogP contribution is 2.19. The first-order chi connectivity index (χ1) is 13.2. The van der Waals surface area contributed by atoms with Crippen molar-refractivity contribution in [2.45, 2.75) is 6.54 Å². The van der Waals surface area contributed by atoms with Crippen molar-refractivity contribution in [2.24, 2.45) is 0 Å². The fraction of sp³-hybridized carbons (Fsp3) is 0.105. The zero-order valence-corrected chi connectivity index (χ0v) is 14.6. The number of anilines is 2. The number of nitrogens with one attached hydrogen (secondary N) is 2. The number of carbonyl (C=O) groups excluding carboxylic acids is 1. The lowest BCUT2D eigenvalue weighted by Crippen LogP contribution is -2.26. The highest BCUT2D eigenvalue weighted by molar-refractivity contribution is 6.05. The van der Waals surface area contributed by atoms with Gasteiger partial charge in [0.25, 0.3) is 5.91 Å². The number of pyridine rings is 1. The van der Waals surface area contributed by atoms with Gasteiger partial charge in [-0.25, -0.2) is 9.97 Å². The average molecular weight is 359 g/mol. The highest BCUT2D eigenvalue weighted by atomic mass is 16.2. The van der Waals surface area contributed by atoms with Crippen molar-refractivity contribution in [3.8, 4) is 0 Å². The van der Waals surface area contributed by atoms with Gasteiger partial charge in [0, 0.05) is 37.2 Å². The monoisotopic (exact) mass is 359 g/mol. The summed E-state index contributed by atoms with van der Waals surface area (Å²) in [7, 11) is 1.76. The van der Waals surface area contributed by atoms with Crippen molar-refractivity contribution >= 4 is 28.4 Å². The van der Waals surface area contributed by atoms with Crippen LogP contribution in [0, 0.1) is 0 Å². The Morgan fingerprint density at radius 3 is 2.67 bits per heavy atom. The second kappa shape index (κ2) is 7.20. The van der Waals surface area contributed by atoms with Gasteiger partial charge in [-0.15, -0.1) is 0 Å². The van der Waals surface area contributed by atoms with Crippen LogP contribution in [0.1, 0.15) is 15.9 Å². The summed E-state index contributed by atoms with van der Waals surface area (Å²) < 4.78 is 0. The quantitative estimate of drug-likeness (QED) is 0.568. The molecule has 2 N–H and O–H groups in total. The third-order valence-corrected chi connectivity index (χ3v) is 4.26. The van der Waals surface area contributed by atoms with Crippen LogP contribution in [-0.2, 0) is 6.54 Å². The van der Waals surface area contributed by atoms with Crippen molar-refractivity contribution in [3.63, 3.8) is 0 Å². The molecule has 8 nitrogen and oxygen atoms in total. The summed E-state index contributed by atoms with van der Waals surface area (Å²) in [4.78, 5) is 26.4. The van der Waals surface area contributed by atoms with E-state index in [1.807, 2.05) is 24.3 Å². The molecule has 0 saturated heterocycles. The number of aromatic nitrogens is 5. The maximum absolute atomic E-state index is 12.5. The number of hydrogen-bond donors (Lipinski definition) is 2. The first-order valence-corrected chi connectivity index (χ1v) is 8.37. The summed E-state index contributed by atoms with van der Waals surface area (Å²) >= 11 is 0. The second-order valence-electron chi connectivity index (χ2n) is 5.97. The third-order valence-electron chi connectivity index (χ3n) is 4.26. The van der Waals surface area contributed by atoms with Gasteiger partial charge in [0.05, 0.1) is 11.6 Å². The van der Waals surface area contributed by atoms with E-state index in [9.17, 15) is 4.79 Å². The summed E-state index contributed by atoms with van der Waals surface area (Å²) in [6, 6.07) is 11.2. The van der Waals surface area contributed by atoms with Crippen LogP contribution >= 0.6 is 0 Å². The molecule has 0 radical (unpaired) electrons. The fourth-order valence-electron chi connectivity index (χ4n) is 2.73. The molecule has 27 heavy (non-hydrogen) atoms. The number of benzene rings is 1. The van der Waals surface area contributed by atoms with Crippen molar-refractivity contribution in [2.75, 3.05) is 17.3 Å². The lowest BCUT2D eigenvalue weighted by Gasteiger charge is -2.18. The molecule has 0 aliphatic rings. The molecule has 0 saturated carbocycles. The molecule has 134 valence electrons. The van der Waals surface area contributed by atoms with Crippen LogP contribution < -0.4 is 10.2 Å². The second-order valence-corrected chi connectivity index (χ2v) is 5.97. The predicted molar refractivity (Wildman–Crippen MR) is 102 cm³/mol. The molecule has 3 heterocycles. The van der Waals surface area contributed by atoms with Crippen LogP contribution in [0.3, 0.4) is 0 Å². The van der Waals surface area contributed by atoms with Crippen molar-refractivity contribution in [1.82, 2.24) is 25.1 Å². The SMILES string of the molecule is CN(C(=O)c1ccncc1)c1ccc(CNc2ncnc3[nH]ncc23)cc1. The molecule has 0 aliphatic heterocycles. The van der Waals surface area contributed by atoms with Gasteiger partial charge in [0.1, 0.15) is 12.1 Å². The Hall–Kier alpha value is -3.81. The Kier molecular flexibility index (Phi) is 4.44. The van der Waals surface area contributed by atoms with Crippen molar-refractivity contribution in [3.05, 3.63) is 72.4 Å². The number of amides is 1. The predicted octanol–water partition coefficient (Wildman–Crippen LogP) is 2.64. The normalized spacial score (nSPS) is 10.7. The number of H-pyrrole nitrogens is 1. The number of aromatic amines is 1. The Morgan fingerprint density at radius 1 is 1.11 bits per heavy atom. The van der Waals surface area contributed by atoms with Crippen LogP contribution in [0.5, 0.6) is 0 Å². The molecular formula is C19H17N7O. The minimum Gasteiger partial charge on any atom is -0.365 e.